The zero-order chi connectivity index (χ0) is 29.4. The van der Waals surface area contributed by atoms with Crippen molar-refractivity contribution in [2.45, 2.75) is 43.5 Å². The van der Waals surface area contributed by atoms with E-state index in [1.807, 2.05) is 6.92 Å². The van der Waals surface area contributed by atoms with Gasteiger partial charge < -0.3 is 19.3 Å². The van der Waals surface area contributed by atoms with Crippen LogP contribution in [0.15, 0.2) is 46.6 Å². The van der Waals surface area contributed by atoms with Gasteiger partial charge in [0.05, 0.1) is 52.4 Å². The molecule has 2 heterocycles. The van der Waals surface area contributed by atoms with Crippen LogP contribution in [-0.2, 0) is 31.4 Å². The molecule has 0 radical (unpaired) electrons. The molecule has 0 bridgehead atoms. The number of ether oxygens (including phenoxy) is 3. The van der Waals surface area contributed by atoms with Crippen molar-refractivity contribution in [3.63, 3.8) is 0 Å². The third-order valence-electron chi connectivity index (χ3n) is 6.31. The number of rotatable bonds is 10. The first-order chi connectivity index (χ1) is 18.9. The highest BCUT2D eigenvalue weighted by molar-refractivity contribution is 7.91. The van der Waals surface area contributed by atoms with E-state index >= 15 is 0 Å². The van der Waals surface area contributed by atoms with Gasteiger partial charge in [0.25, 0.3) is 10.0 Å². The number of carboxylic acid groups (broad SMARTS) is 1. The molecule has 4 rings (SSSR count). The van der Waals surface area contributed by atoms with E-state index in [9.17, 15) is 17.4 Å². The molecule has 2 aromatic heterocycles. The average Bonchev–Trinajstić information content (AvgIpc) is 3.28. The van der Waals surface area contributed by atoms with Gasteiger partial charge in [-0.05, 0) is 63.1 Å². The van der Waals surface area contributed by atoms with Gasteiger partial charge in [0.2, 0.25) is 5.16 Å². The number of carboxylic acids is 1. The van der Waals surface area contributed by atoms with Crippen molar-refractivity contribution in [2.75, 3.05) is 20.8 Å². The second-order valence-corrected chi connectivity index (χ2v) is 12.2. The molecule has 2 aromatic carbocycles. The van der Waals surface area contributed by atoms with Crippen molar-refractivity contribution in [2.24, 2.45) is 0 Å². The molecule has 0 saturated heterocycles. The molecule has 0 saturated carbocycles. The molecule has 0 aliphatic carbocycles. The molecule has 1 N–H and O–H groups in total. The second-order valence-electron chi connectivity index (χ2n) is 9.12. The largest absolute Gasteiger partial charge is 0.497 e. The summed E-state index contributed by atoms with van der Waals surface area (Å²) in [6, 6.07) is 7.62. The van der Waals surface area contributed by atoms with Gasteiger partial charge in [-0.15, -0.1) is 0 Å². The van der Waals surface area contributed by atoms with Crippen molar-refractivity contribution >= 4 is 37.8 Å². The molecule has 0 aliphatic heterocycles. The number of imidazole rings is 1. The van der Waals surface area contributed by atoms with Gasteiger partial charge >= 0.3 is 5.97 Å². The topological polar surface area (TPSA) is 147 Å². The maximum absolute atomic E-state index is 14.3. The predicted octanol–water partition coefficient (Wildman–Crippen LogP) is 3.69. The third-order valence-corrected chi connectivity index (χ3v) is 9.65. The molecular weight excluding hydrogens is 558 g/mol. The van der Waals surface area contributed by atoms with Crippen LogP contribution >= 0.6 is 0 Å². The zero-order valence-electron chi connectivity index (χ0n) is 22.8. The van der Waals surface area contributed by atoms with Crippen LogP contribution in [0.25, 0.3) is 11.0 Å². The number of hydrogen-bond donors (Lipinski definition) is 1. The van der Waals surface area contributed by atoms with Crippen LogP contribution in [0.4, 0.5) is 0 Å². The molecule has 0 spiro atoms. The average molecular weight is 588 g/mol. The van der Waals surface area contributed by atoms with Crippen LogP contribution in [0.1, 0.15) is 27.9 Å². The Bertz CT molecular complexity index is 1740. The van der Waals surface area contributed by atoms with Gasteiger partial charge in [-0.25, -0.2) is 22.2 Å². The van der Waals surface area contributed by atoms with Gasteiger partial charge in [-0.2, -0.15) is 0 Å². The minimum Gasteiger partial charge on any atom is -0.497 e. The van der Waals surface area contributed by atoms with Gasteiger partial charge in [-0.3, -0.25) is 9.19 Å². The normalized spacial score (nSPS) is 12.3. The molecule has 11 nitrogen and oxygen atoms in total. The van der Waals surface area contributed by atoms with E-state index in [1.54, 1.807) is 45.2 Å². The number of fused-ring (bicyclic) bond motifs is 1. The highest BCUT2D eigenvalue weighted by atomic mass is 32.2. The maximum atomic E-state index is 14.3. The number of aromatic nitrogens is 3. The zero-order valence-corrected chi connectivity index (χ0v) is 24.5. The van der Waals surface area contributed by atoms with Gasteiger partial charge in [-0.1, -0.05) is 0 Å². The lowest BCUT2D eigenvalue weighted by Crippen LogP contribution is -2.20. The molecule has 1 unspecified atom stereocenters. The molecule has 0 fully saturated rings. The Morgan fingerprint density at radius 2 is 1.68 bits per heavy atom. The standard InChI is InChI=1S/C27H29N3O8S2/c1-15-9-20(38-13-24(31)32)10-16(2)26(15)40(34,35)30-23-8-7-19(36-5)11-21(23)29-27(30)39(33)14-22-18(4)25(37-6)17(3)12-28-22/h7-12H,13-14H2,1-6H3,(H,31,32). The number of methoxy groups -OCH3 is 2. The Hall–Kier alpha value is -3.97. The SMILES string of the molecule is COc1ccc2c(c1)nc(S(=O)Cc1ncc(C)c(OC)c1C)n2S(=O)(=O)c1c(C)cc(OCC(=O)O)cc1C. The molecular formula is C27H29N3O8S2. The van der Waals surface area contributed by atoms with E-state index in [1.165, 1.54) is 26.4 Å². The molecule has 40 heavy (non-hydrogen) atoms. The van der Waals surface area contributed by atoms with Crippen LogP contribution in [0.3, 0.4) is 0 Å². The second kappa shape index (κ2) is 11.3. The van der Waals surface area contributed by atoms with Gasteiger partial charge in [0, 0.05) is 23.4 Å². The number of aryl methyl sites for hydroxylation is 3. The van der Waals surface area contributed by atoms with E-state index in [2.05, 4.69) is 9.97 Å². The van der Waals surface area contributed by atoms with Gasteiger partial charge in [0.1, 0.15) is 17.2 Å². The van der Waals surface area contributed by atoms with Crippen molar-refractivity contribution < 1.29 is 36.7 Å². The van der Waals surface area contributed by atoms with Crippen LogP contribution in [0.2, 0.25) is 0 Å². The highest BCUT2D eigenvalue weighted by Gasteiger charge is 2.31. The van der Waals surface area contributed by atoms with E-state index in [0.717, 1.165) is 9.54 Å². The summed E-state index contributed by atoms with van der Waals surface area (Å²) in [4.78, 5) is 19.8. The number of pyridine rings is 1. The summed E-state index contributed by atoms with van der Waals surface area (Å²) in [5, 5.41) is 8.76. The molecule has 4 aromatic rings. The first-order valence-electron chi connectivity index (χ1n) is 12.0. The Morgan fingerprint density at radius 1 is 1.00 bits per heavy atom. The monoisotopic (exact) mass is 587 g/mol. The minimum absolute atomic E-state index is 0.0325. The lowest BCUT2D eigenvalue weighted by Gasteiger charge is -2.16. The van der Waals surface area contributed by atoms with E-state index in [0.29, 0.717) is 33.9 Å². The Morgan fingerprint density at radius 3 is 2.27 bits per heavy atom. The number of aliphatic carboxylic acids is 1. The van der Waals surface area contributed by atoms with E-state index in [-0.39, 0.29) is 32.6 Å². The quantitative estimate of drug-likeness (QED) is 0.291. The highest BCUT2D eigenvalue weighted by Crippen LogP contribution is 2.33. The number of benzene rings is 2. The van der Waals surface area contributed by atoms with Crippen LogP contribution in [0, 0.1) is 27.7 Å². The summed E-state index contributed by atoms with van der Waals surface area (Å²) in [5.41, 5.74) is 3.17. The fourth-order valence-corrected chi connectivity index (χ4v) is 8.03. The first-order valence-corrected chi connectivity index (χ1v) is 14.8. The molecule has 0 amide bonds. The Balaban J connectivity index is 1.89. The molecule has 13 heteroatoms. The Labute approximate surface area is 234 Å². The van der Waals surface area contributed by atoms with E-state index < -0.39 is 33.4 Å². The molecule has 0 aliphatic rings. The number of nitrogens with zero attached hydrogens (tertiary/aromatic N) is 3. The van der Waals surface area contributed by atoms with Crippen molar-refractivity contribution in [1.82, 2.24) is 13.9 Å². The van der Waals surface area contributed by atoms with Crippen LogP contribution < -0.4 is 14.2 Å². The van der Waals surface area contributed by atoms with Gasteiger partial charge in [0.15, 0.2) is 6.61 Å². The smallest absolute Gasteiger partial charge is 0.341 e. The van der Waals surface area contributed by atoms with Crippen molar-refractivity contribution in [3.8, 4) is 17.2 Å². The van der Waals surface area contributed by atoms with Crippen molar-refractivity contribution in [1.29, 1.82) is 0 Å². The van der Waals surface area contributed by atoms with Crippen LogP contribution in [0.5, 0.6) is 17.2 Å². The molecule has 212 valence electrons. The summed E-state index contributed by atoms with van der Waals surface area (Å²) in [6.45, 7) is 6.24. The van der Waals surface area contributed by atoms with Crippen molar-refractivity contribution in [3.05, 3.63) is 64.5 Å². The maximum Gasteiger partial charge on any atom is 0.341 e. The number of hydrogen-bond acceptors (Lipinski definition) is 9. The number of carbonyl (C=O) groups is 1. The fraction of sp³-hybridized carbons (Fsp3) is 0.296. The minimum atomic E-state index is -4.35. The third kappa shape index (κ3) is 5.39. The summed E-state index contributed by atoms with van der Waals surface area (Å²) < 4.78 is 59.3. The van der Waals surface area contributed by atoms with Crippen LogP contribution in [-0.4, -0.2) is 58.5 Å². The van der Waals surface area contributed by atoms with E-state index in [4.69, 9.17) is 19.3 Å². The first kappa shape index (κ1) is 29.0. The summed E-state index contributed by atoms with van der Waals surface area (Å²) in [6.07, 6.45) is 1.61. The summed E-state index contributed by atoms with van der Waals surface area (Å²) in [5.74, 6) is 0.0353. The predicted molar refractivity (Wildman–Crippen MR) is 148 cm³/mol. The summed E-state index contributed by atoms with van der Waals surface area (Å²) in [7, 11) is -3.26. The molecule has 1 atom stereocenters. The Kier molecular flexibility index (Phi) is 8.17. The fourth-order valence-electron chi connectivity index (χ4n) is 4.56. The lowest BCUT2D eigenvalue weighted by atomic mass is 10.1. The lowest BCUT2D eigenvalue weighted by molar-refractivity contribution is -0.139. The summed E-state index contributed by atoms with van der Waals surface area (Å²) >= 11 is 0.